The zero-order chi connectivity index (χ0) is 27.8. The summed E-state index contributed by atoms with van der Waals surface area (Å²) in [7, 11) is 0. The van der Waals surface area contributed by atoms with Crippen LogP contribution >= 0.6 is 23.2 Å². The van der Waals surface area contributed by atoms with E-state index in [0.29, 0.717) is 27.8 Å². The van der Waals surface area contributed by atoms with Gasteiger partial charge in [0.15, 0.2) is 6.61 Å². The van der Waals surface area contributed by atoms with Gasteiger partial charge in [0.2, 0.25) is 5.91 Å². The Morgan fingerprint density at radius 1 is 0.949 bits per heavy atom. The van der Waals surface area contributed by atoms with Gasteiger partial charge in [-0.2, -0.15) is 0 Å². The number of ether oxygens (including phenoxy) is 1. The molecule has 0 saturated heterocycles. The molecule has 1 fully saturated rings. The number of hydrogen-bond acceptors (Lipinski definition) is 3. The van der Waals surface area contributed by atoms with E-state index in [1.807, 2.05) is 62.4 Å². The summed E-state index contributed by atoms with van der Waals surface area (Å²) in [6.07, 6.45) is 5.63. The maximum atomic E-state index is 13.9. The monoisotopic (exact) mass is 566 g/mol. The van der Waals surface area contributed by atoms with Crippen LogP contribution in [-0.4, -0.2) is 35.4 Å². The molecule has 4 rings (SSSR count). The molecule has 0 bridgehead atoms. The van der Waals surface area contributed by atoms with Crippen LogP contribution in [0.15, 0.2) is 66.7 Å². The van der Waals surface area contributed by atoms with Crippen LogP contribution < -0.4 is 10.1 Å². The average Bonchev–Trinajstić information content (AvgIpc) is 2.93. The molecule has 0 aliphatic heterocycles. The van der Waals surface area contributed by atoms with Gasteiger partial charge < -0.3 is 15.0 Å². The van der Waals surface area contributed by atoms with Gasteiger partial charge >= 0.3 is 0 Å². The Morgan fingerprint density at radius 3 is 2.33 bits per heavy atom. The number of aryl methyl sites for hydroxylation is 2. The summed E-state index contributed by atoms with van der Waals surface area (Å²) in [6, 6.07) is 20.2. The third-order valence-electron chi connectivity index (χ3n) is 7.31. The van der Waals surface area contributed by atoms with Crippen LogP contribution in [0.3, 0.4) is 0 Å². The quantitative estimate of drug-likeness (QED) is 0.285. The second kappa shape index (κ2) is 13.9. The molecule has 206 valence electrons. The molecule has 1 saturated carbocycles. The number of amides is 2. The van der Waals surface area contributed by atoms with E-state index in [1.54, 1.807) is 23.1 Å². The van der Waals surface area contributed by atoms with E-state index in [4.69, 9.17) is 27.9 Å². The van der Waals surface area contributed by atoms with Gasteiger partial charge in [-0.05, 0) is 61.6 Å². The third-order valence-corrected chi connectivity index (χ3v) is 8.02. The molecule has 0 heterocycles. The fourth-order valence-corrected chi connectivity index (χ4v) is 5.55. The van der Waals surface area contributed by atoms with Gasteiger partial charge in [-0.25, -0.2) is 0 Å². The number of halogens is 2. The van der Waals surface area contributed by atoms with Gasteiger partial charge in [-0.1, -0.05) is 91.0 Å². The highest BCUT2D eigenvalue weighted by Gasteiger charge is 2.33. The highest BCUT2D eigenvalue weighted by atomic mass is 35.5. The van der Waals surface area contributed by atoms with E-state index in [2.05, 4.69) is 5.32 Å². The normalized spacial score (nSPS) is 14.5. The minimum absolute atomic E-state index is 0.0864. The second-order valence-electron chi connectivity index (χ2n) is 10.3. The van der Waals surface area contributed by atoms with Crippen LogP contribution in [0, 0.1) is 13.8 Å². The molecule has 0 aromatic heterocycles. The number of carbonyl (C=O) groups is 2. The zero-order valence-electron chi connectivity index (χ0n) is 22.6. The van der Waals surface area contributed by atoms with Gasteiger partial charge in [0.05, 0.1) is 0 Å². The summed E-state index contributed by atoms with van der Waals surface area (Å²) < 4.78 is 6.00. The fraction of sp³-hybridized carbons (Fsp3) is 0.375. The summed E-state index contributed by atoms with van der Waals surface area (Å²) in [5.74, 6) is 0.158. The first-order valence-electron chi connectivity index (χ1n) is 13.6. The van der Waals surface area contributed by atoms with Crippen LogP contribution in [0.25, 0.3) is 0 Å². The van der Waals surface area contributed by atoms with E-state index in [-0.39, 0.29) is 31.0 Å². The number of nitrogens with one attached hydrogen (secondary N) is 1. The highest BCUT2D eigenvalue weighted by Crippen LogP contribution is 2.28. The summed E-state index contributed by atoms with van der Waals surface area (Å²) in [4.78, 5) is 29.4. The number of rotatable bonds is 10. The molecule has 39 heavy (non-hydrogen) atoms. The number of benzene rings is 3. The van der Waals surface area contributed by atoms with E-state index in [9.17, 15) is 9.59 Å². The molecular formula is C32H36Cl2N2O3. The number of nitrogens with zero attached hydrogens (tertiary/aromatic N) is 1. The average molecular weight is 568 g/mol. The van der Waals surface area contributed by atoms with Gasteiger partial charge in [0, 0.05) is 34.6 Å². The smallest absolute Gasteiger partial charge is 0.261 e. The van der Waals surface area contributed by atoms with Crippen molar-refractivity contribution in [1.29, 1.82) is 0 Å². The first-order chi connectivity index (χ1) is 18.8. The Hall–Kier alpha value is -3.02. The molecule has 7 heteroatoms. The van der Waals surface area contributed by atoms with Crippen molar-refractivity contribution in [3.05, 3.63) is 99.0 Å². The Balaban J connectivity index is 1.66. The molecule has 1 aliphatic carbocycles. The van der Waals surface area contributed by atoms with Crippen LogP contribution in [0.5, 0.6) is 5.75 Å². The molecule has 1 N–H and O–H groups in total. The Morgan fingerprint density at radius 2 is 1.64 bits per heavy atom. The van der Waals surface area contributed by atoms with Crippen molar-refractivity contribution < 1.29 is 14.3 Å². The van der Waals surface area contributed by atoms with E-state index >= 15 is 0 Å². The van der Waals surface area contributed by atoms with Crippen LogP contribution in [0.1, 0.15) is 54.4 Å². The van der Waals surface area contributed by atoms with Crippen molar-refractivity contribution in [1.82, 2.24) is 10.2 Å². The van der Waals surface area contributed by atoms with Crippen LogP contribution in [0.2, 0.25) is 10.0 Å². The standard InChI is InChI=1S/C32H36Cl2N2O3/c1-22-16-17-23(2)30(18-22)39-21-31(37)36(20-26-27(33)14-9-15-28(26)34)29(19-24-10-5-3-6-11-24)32(38)35-25-12-7-4-8-13-25/h3,5-6,9-11,14-18,25,29H,4,7-8,12-13,19-21H2,1-2H3,(H,35,38). The fourth-order valence-electron chi connectivity index (χ4n) is 5.04. The van der Waals surface area contributed by atoms with Gasteiger partial charge in [0.1, 0.15) is 11.8 Å². The van der Waals surface area contributed by atoms with Gasteiger partial charge in [-0.15, -0.1) is 0 Å². The Labute approximate surface area is 241 Å². The minimum Gasteiger partial charge on any atom is -0.483 e. The number of hydrogen-bond donors (Lipinski definition) is 1. The molecule has 1 aliphatic rings. The largest absolute Gasteiger partial charge is 0.483 e. The molecule has 0 spiro atoms. The molecule has 0 radical (unpaired) electrons. The first-order valence-corrected chi connectivity index (χ1v) is 14.3. The first kappa shape index (κ1) is 29.0. The van der Waals surface area contributed by atoms with E-state index < -0.39 is 6.04 Å². The zero-order valence-corrected chi connectivity index (χ0v) is 24.1. The molecule has 2 amide bonds. The molecule has 1 unspecified atom stereocenters. The lowest BCUT2D eigenvalue weighted by molar-refractivity contribution is -0.143. The van der Waals surface area contributed by atoms with E-state index in [0.717, 1.165) is 42.4 Å². The summed E-state index contributed by atoms with van der Waals surface area (Å²) in [5.41, 5.74) is 3.53. The molecule has 5 nitrogen and oxygen atoms in total. The lowest BCUT2D eigenvalue weighted by atomic mass is 9.94. The Bertz CT molecular complexity index is 1260. The molecule has 1 atom stereocenters. The van der Waals surface area contributed by atoms with Crippen molar-refractivity contribution in [3.63, 3.8) is 0 Å². The van der Waals surface area contributed by atoms with Crippen LogP contribution in [0.4, 0.5) is 0 Å². The van der Waals surface area contributed by atoms with Gasteiger partial charge in [-0.3, -0.25) is 9.59 Å². The van der Waals surface area contributed by atoms with Crippen molar-refractivity contribution >= 4 is 35.0 Å². The summed E-state index contributed by atoms with van der Waals surface area (Å²) in [6.45, 7) is 3.79. The molecule has 3 aromatic rings. The second-order valence-corrected chi connectivity index (χ2v) is 11.1. The van der Waals surface area contributed by atoms with E-state index in [1.165, 1.54) is 6.42 Å². The molecular weight excluding hydrogens is 531 g/mol. The summed E-state index contributed by atoms with van der Waals surface area (Å²) in [5, 5.41) is 4.13. The highest BCUT2D eigenvalue weighted by molar-refractivity contribution is 6.36. The van der Waals surface area contributed by atoms with Crippen molar-refractivity contribution in [2.24, 2.45) is 0 Å². The van der Waals surface area contributed by atoms with Crippen LogP contribution in [-0.2, 0) is 22.6 Å². The number of carbonyl (C=O) groups excluding carboxylic acids is 2. The van der Waals surface area contributed by atoms with Crippen molar-refractivity contribution in [2.45, 2.75) is 71.0 Å². The van der Waals surface area contributed by atoms with Crippen molar-refractivity contribution in [2.75, 3.05) is 6.61 Å². The maximum Gasteiger partial charge on any atom is 0.261 e. The Kier molecular flexibility index (Phi) is 10.3. The third kappa shape index (κ3) is 8.00. The molecule has 3 aromatic carbocycles. The van der Waals surface area contributed by atoms with Gasteiger partial charge in [0.25, 0.3) is 5.91 Å². The van der Waals surface area contributed by atoms with Crippen molar-refractivity contribution in [3.8, 4) is 5.75 Å². The maximum absolute atomic E-state index is 13.9. The lowest BCUT2D eigenvalue weighted by Crippen LogP contribution is -2.53. The predicted molar refractivity (Wildman–Crippen MR) is 157 cm³/mol. The topological polar surface area (TPSA) is 58.6 Å². The SMILES string of the molecule is Cc1ccc(C)c(OCC(=O)N(Cc2c(Cl)cccc2Cl)C(Cc2ccccc2)C(=O)NC2CCCCC2)c1. The minimum atomic E-state index is -0.767. The summed E-state index contributed by atoms with van der Waals surface area (Å²) >= 11 is 13.1. The lowest BCUT2D eigenvalue weighted by Gasteiger charge is -2.33. The predicted octanol–water partition coefficient (Wildman–Crippen LogP) is 7.08.